The lowest BCUT2D eigenvalue weighted by Gasteiger charge is -2.12. The maximum Gasteiger partial charge on any atom is 0.270 e. The molecule has 0 bridgehead atoms. The van der Waals surface area contributed by atoms with E-state index in [-0.39, 0.29) is 12.0 Å². The molecule has 0 aliphatic carbocycles. The fourth-order valence-electron chi connectivity index (χ4n) is 2.69. The molecule has 1 aromatic carbocycles. The summed E-state index contributed by atoms with van der Waals surface area (Å²) in [6.07, 6.45) is 3.67. The van der Waals surface area contributed by atoms with Crippen LogP contribution in [0.25, 0.3) is 0 Å². The lowest BCUT2D eigenvalue weighted by atomic mass is 10.2. The van der Waals surface area contributed by atoms with Gasteiger partial charge in [0.05, 0.1) is 18.9 Å². The van der Waals surface area contributed by atoms with Crippen molar-refractivity contribution in [1.29, 1.82) is 0 Å². The van der Waals surface area contributed by atoms with Crippen LogP contribution in [0.15, 0.2) is 30.5 Å². The highest BCUT2D eigenvalue weighted by atomic mass is 16.5. The maximum absolute atomic E-state index is 12.3. The van der Waals surface area contributed by atoms with Crippen LogP contribution >= 0.6 is 0 Å². The van der Waals surface area contributed by atoms with Gasteiger partial charge in [-0.2, -0.15) is 0 Å². The Morgan fingerprint density at radius 1 is 1.40 bits per heavy atom. The molecule has 0 radical (unpaired) electrons. The maximum atomic E-state index is 12.3. The average molecular weight is 342 g/mol. The summed E-state index contributed by atoms with van der Waals surface area (Å²) in [7, 11) is 1.60. The largest absolute Gasteiger partial charge is 0.495 e. The molecular weight excluding hydrogens is 320 g/mol. The molecule has 1 unspecified atom stereocenters. The van der Waals surface area contributed by atoms with E-state index >= 15 is 0 Å². The molecule has 7 nitrogen and oxygen atoms in total. The van der Waals surface area contributed by atoms with E-state index in [9.17, 15) is 4.79 Å². The molecule has 1 aromatic heterocycles. The topological polar surface area (TPSA) is 85.4 Å². The van der Waals surface area contributed by atoms with E-state index in [4.69, 9.17) is 9.47 Å². The van der Waals surface area contributed by atoms with Crippen molar-refractivity contribution in [2.75, 3.05) is 25.6 Å². The van der Waals surface area contributed by atoms with Crippen LogP contribution < -0.4 is 15.4 Å². The molecule has 2 aromatic rings. The summed E-state index contributed by atoms with van der Waals surface area (Å²) < 4.78 is 10.8. The summed E-state index contributed by atoms with van der Waals surface area (Å²) in [6, 6.07) is 7.35. The van der Waals surface area contributed by atoms with Gasteiger partial charge >= 0.3 is 0 Å². The first-order valence-corrected chi connectivity index (χ1v) is 8.30. The predicted molar refractivity (Wildman–Crippen MR) is 94.4 cm³/mol. The van der Waals surface area contributed by atoms with E-state index < -0.39 is 0 Å². The minimum Gasteiger partial charge on any atom is -0.495 e. The molecular formula is C18H22N4O3. The molecule has 3 rings (SSSR count). The van der Waals surface area contributed by atoms with E-state index in [1.807, 2.05) is 25.1 Å². The number of benzene rings is 1. The highest BCUT2D eigenvalue weighted by Crippen LogP contribution is 2.27. The average Bonchev–Trinajstić information content (AvgIpc) is 3.14. The number of ether oxygens (including phenoxy) is 2. The number of anilines is 2. The molecule has 132 valence electrons. The van der Waals surface area contributed by atoms with E-state index in [1.54, 1.807) is 19.4 Å². The van der Waals surface area contributed by atoms with E-state index in [0.717, 1.165) is 30.7 Å². The van der Waals surface area contributed by atoms with Crippen molar-refractivity contribution in [2.24, 2.45) is 0 Å². The van der Waals surface area contributed by atoms with Crippen LogP contribution in [-0.2, 0) is 4.74 Å². The molecule has 0 saturated carbocycles. The fourth-order valence-corrected chi connectivity index (χ4v) is 2.69. The van der Waals surface area contributed by atoms with Crippen LogP contribution in [-0.4, -0.2) is 42.2 Å². The predicted octanol–water partition coefficient (Wildman–Crippen LogP) is 2.45. The molecule has 1 fully saturated rings. The Bertz CT molecular complexity index is 745. The zero-order valence-corrected chi connectivity index (χ0v) is 14.4. The van der Waals surface area contributed by atoms with E-state index in [0.29, 0.717) is 23.9 Å². The molecule has 2 N–H and O–H groups in total. The first kappa shape index (κ1) is 17.2. The number of rotatable bonds is 6. The van der Waals surface area contributed by atoms with Gasteiger partial charge in [-0.3, -0.25) is 4.79 Å². The number of amides is 1. The normalized spacial score (nSPS) is 16.5. The second-order valence-electron chi connectivity index (χ2n) is 5.94. The van der Waals surface area contributed by atoms with Gasteiger partial charge in [0.1, 0.15) is 11.4 Å². The van der Waals surface area contributed by atoms with Gasteiger partial charge in [-0.05, 0) is 43.5 Å². The quantitative estimate of drug-likeness (QED) is 0.839. The smallest absolute Gasteiger partial charge is 0.270 e. The van der Waals surface area contributed by atoms with Gasteiger partial charge in [-0.15, -0.1) is 0 Å². The van der Waals surface area contributed by atoms with E-state index in [1.165, 1.54) is 0 Å². The van der Waals surface area contributed by atoms with Crippen LogP contribution in [0, 0.1) is 6.92 Å². The lowest BCUT2D eigenvalue weighted by Crippen LogP contribution is -2.32. The van der Waals surface area contributed by atoms with Gasteiger partial charge in [-0.1, -0.05) is 6.07 Å². The molecule has 1 atom stereocenters. The molecule has 2 heterocycles. The summed E-state index contributed by atoms with van der Waals surface area (Å²) >= 11 is 0. The second kappa shape index (κ2) is 7.94. The Morgan fingerprint density at radius 3 is 3.04 bits per heavy atom. The Labute approximate surface area is 146 Å². The second-order valence-corrected chi connectivity index (χ2v) is 5.94. The first-order chi connectivity index (χ1) is 12.2. The van der Waals surface area contributed by atoms with Crippen LogP contribution in [0.5, 0.6) is 5.75 Å². The summed E-state index contributed by atoms with van der Waals surface area (Å²) in [5.74, 6) is 0.785. The first-order valence-electron chi connectivity index (χ1n) is 8.30. The van der Waals surface area contributed by atoms with Crippen LogP contribution in [0.2, 0.25) is 0 Å². The third kappa shape index (κ3) is 4.45. The number of aryl methyl sites for hydroxylation is 1. The highest BCUT2D eigenvalue weighted by Gasteiger charge is 2.17. The van der Waals surface area contributed by atoms with Crippen molar-refractivity contribution >= 4 is 17.5 Å². The summed E-state index contributed by atoms with van der Waals surface area (Å²) in [4.78, 5) is 20.7. The third-order valence-corrected chi connectivity index (χ3v) is 4.00. The molecule has 7 heteroatoms. The number of nitrogens with zero attached hydrogens (tertiary/aromatic N) is 2. The summed E-state index contributed by atoms with van der Waals surface area (Å²) in [5, 5.41) is 5.96. The number of nitrogens with one attached hydrogen (secondary N) is 2. The van der Waals surface area contributed by atoms with Crippen LogP contribution in [0.1, 0.15) is 28.9 Å². The molecule has 1 amide bonds. The minimum absolute atomic E-state index is 0.0972. The molecule has 0 spiro atoms. The Kier molecular flexibility index (Phi) is 5.45. The van der Waals surface area contributed by atoms with Gasteiger partial charge in [-0.25, -0.2) is 9.97 Å². The number of methoxy groups -OCH3 is 1. The lowest BCUT2D eigenvalue weighted by molar-refractivity contribution is 0.0853. The fraction of sp³-hybridized carbons (Fsp3) is 0.389. The van der Waals surface area contributed by atoms with E-state index in [2.05, 4.69) is 20.6 Å². The Balaban J connectivity index is 1.68. The van der Waals surface area contributed by atoms with Gasteiger partial charge in [0.25, 0.3) is 5.91 Å². The van der Waals surface area contributed by atoms with Crippen molar-refractivity contribution in [1.82, 2.24) is 15.3 Å². The minimum atomic E-state index is -0.239. The van der Waals surface area contributed by atoms with Gasteiger partial charge < -0.3 is 20.1 Å². The van der Waals surface area contributed by atoms with Crippen LogP contribution in [0.3, 0.4) is 0 Å². The number of hydrogen-bond donors (Lipinski definition) is 2. The van der Waals surface area contributed by atoms with Crippen molar-refractivity contribution in [3.05, 3.63) is 41.7 Å². The highest BCUT2D eigenvalue weighted by molar-refractivity contribution is 5.92. The molecule has 1 aliphatic rings. The van der Waals surface area contributed by atoms with Crippen molar-refractivity contribution in [3.8, 4) is 5.75 Å². The molecule has 25 heavy (non-hydrogen) atoms. The third-order valence-electron chi connectivity index (χ3n) is 4.00. The van der Waals surface area contributed by atoms with Crippen LogP contribution in [0.4, 0.5) is 11.6 Å². The van der Waals surface area contributed by atoms with Gasteiger partial charge in [0, 0.05) is 19.3 Å². The van der Waals surface area contributed by atoms with Gasteiger partial charge in [0.15, 0.2) is 0 Å². The van der Waals surface area contributed by atoms with Gasteiger partial charge in [0.2, 0.25) is 5.95 Å². The summed E-state index contributed by atoms with van der Waals surface area (Å²) in [6.45, 7) is 3.25. The van der Waals surface area contributed by atoms with Crippen molar-refractivity contribution < 1.29 is 14.3 Å². The SMILES string of the molecule is COc1ccc(C)cc1Nc1nccc(C(=O)NCC2CCCO2)n1. The monoisotopic (exact) mass is 342 g/mol. The number of hydrogen-bond acceptors (Lipinski definition) is 6. The van der Waals surface area contributed by atoms with Crippen molar-refractivity contribution in [3.63, 3.8) is 0 Å². The van der Waals surface area contributed by atoms with Crippen molar-refractivity contribution in [2.45, 2.75) is 25.9 Å². The number of carbonyl (C=O) groups excluding carboxylic acids is 1. The zero-order chi connectivity index (χ0) is 17.6. The zero-order valence-electron chi connectivity index (χ0n) is 14.4. The molecule has 1 aliphatic heterocycles. The number of aromatic nitrogens is 2. The Hall–Kier alpha value is -2.67. The molecule has 1 saturated heterocycles. The standard InChI is InChI=1S/C18H22N4O3/c1-12-5-6-16(24-2)15(10-12)22-18-19-8-7-14(21-18)17(23)20-11-13-4-3-9-25-13/h5-8,10,13H,3-4,9,11H2,1-2H3,(H,20,23)(H,19,21,22). The summed E-state index contributed by atoms with van der Waals surface area (Å²) in [5.41, 5.74) is 2.13. The Morgan fingerprint density at radius 2 is 2.28 bits per heavy atom. The number of carbonyl (C=O) groups is 1.